The molecule has 1 aliphatic carbocycles. The van der Waals surface area contributed by atoms with Crippen LogP contribution in [0.4, 0.5) is 0 Å². The molecule has 3 nitrogen and oxygen atoms in total. The van der Waals surface area contributed by atoms with Crippen molar-refractivity contribution < 1.29 is 9.53 Å². The van der Waals surface area contributed by atoms with Crippen LogP contribution in [0.2, 0.25) is 0 Å². The zero-order valence-corrected chi connectivity index (χ0v) is 8.69. The number of nitrogens with zero attached hydrogens (tertiary/aromatic N) is 1. The highest BCUT2D eigenvalue weighted by Crippen LogP contribution is 2.34. The van der Waals surface area contributed by atoms with E-state index in [4.69, 9.17) is 4.74 Å². The molecule has 0 aliphatic heterocycles. The Balaban J connectivity index is 2.43. The third-order valence-electron chi connectivity index (χ3n) is 2.84. The Hall–Kier alpha value is -1.60. The molecule has 0 amide bonds. The van der Waals surface area contributed by atoms with Crippen LogP contribution in [0, 0.1) is 0 Å². The second kappa shape index (κ2) is 4.28. The monoisotopic (exact) mass is 203 g/mol. The molecule has 15 heavy (non-hydrogen) atoms. The van der Waals surface area contributed by atoms with Crippen LogP contribution in [0.1, 0.15) is 30.0 Å². The second-order valence-electron chi connectivity index (χ2n) is 3.69. The Labute approximate surface area is 88.8 Å². The fraction of sp³-hybridized carbons (Fsp3) is 0.417. The predicted molar refractivity (Wildman–Crippen MR) is 56.8 cm³/mol. The summed E-state index contributed by atoms with van der Waals surface area (Å²) in [6.45, 7) is 0. The van der Waals surface area contributed by atoms with Gasteiger partial charge in [0.2, 0.25) is 6.08 Å². The molecule has 0 N–H and O–H groups in total. The van der Waals surface area contributed by atoms with Crippen LogP contribution < -0.4 is 4.74 Å². The minimum absolute atomic E-state index is 0.0265. The molecule has 1 aromatic carbocycles. The van der Waals surface area contributed by atoms with Crippen molar-refractivity contribution in [3.05, 3.63) is 29.3 Å². The van der Waals surface area contributed by atoms with Crippen molar-refractivity contribution in [1.82, 2.24) is 0 Å². The van der Waals surface area contributed by atoms with Crippen molar-refractivity contribution >= 4 is 6.08 Å². The van der Waals surface area contributed by atoms with Gasteiger partial charge in [-0.15, -0.1) is 0 Å². The lowest BCUT2D eigenvalue weighted by Crippen LogP contribution is -2.08. The van der Waals surface area contributed by atoms with Gasteiger partial charge in [-0.05, 0) is 42.5 Å². The minimum Gasteiger partial charge on any atom is -0.497 e. The van der Waals surface area contributed by atoms with E-state index in [9.17, 15) is 4.79 Å². The van der Waals surface area contributed by atoms with Gasteiger partial charge in [0.25, 0.3) is 0 Å². The number of hydrogen-bond acceptors (Lipinski definition) is 3. The molecule has 0 spiro atoms. The van der Waals surface area contributed by atoms with Gasteiger partial charge in [0.15, 0.2) is 0 Å². The van der Waals surface area contributed by atoms with Crippen molar-refractivity contribution in [2.24, 2.45) is 4.99 Å². The highest BCUT2D eigenvalue weighted by atomic mass is 16.5. The predicted octanol–water partition coefficient (Wildman–Crippen LogP) is 2.41. The number of rotatable bonds is 2. The Kier molecular flexibility index (Phi) is 2.84. The van der Waals surface area contributed by atoms with Crippen molar-refractivity contribution in [3.8, 4) is 5.75 Å². The molecule has 1 atom stereocenters. The Bertz CT molecular complexity index is 408. The molecule has 1 unspecified atom stereocenters. The second-order valence-corrected chi connectivity index (χ2v) is 3.69. The molecule has 0 bridgehead atoms. The van der Waals surface area contributed by atoms with Gasteiger partial charge >= 0.3 is 0 Å². The summed E-state index contributed by atoms with van der Waals surface area (Å²) in [6, 6.07) is 5.95. The maximum Gasteiger partial charge on any atom is 0.235 e. The number of carbonyl (C=O) groups excluding carboxylic acids is 1. The number of aliphatic imine (C=N–C) groups is 1. The quantitative estimate of drug-likeness (QED) is 0.547. The largest absolute Gasteiger partial charge is 0.497 e. The Morgan fingerprint density at radius 3 is 3.13 bits per heavy atom. The zero-order valence-electron chi connectivity index (χ0n) is 8.69. The van der Waals surface area contributed by atoms with E-state index in [1.54, 1.807) is 13.2 Å². The summed E-state index contributed by atoms with van der Waals surface area (Å²) in [4.78, 5) is 14.2. The summed E-state index contributed by atoms with van der Waals surface area (Å²) in [7, 11) is 1.64. The van der Waals surface area contributed by atoms with Gasteiger partial charge in [0.05, 0.1) is 13.2 Å². The molecule has 0 heterocycles. The Morgan fingerprint density at radius 1 is 1.53 bits per heavy atom. The van der Waals surface area contributed by atoms with Gasteiger partial charge in [-0.25, -0.2) is 4.79 Å². The van der Waals surface area contributed by atoms with Crippen LogP contribution in [-0.2, 0) is 11.2 Å². The van der Waals surface area contributed by atoms with Gasteiger partial charge in [-0.1, -0.05) is 6.07 Å². The van der Waals surface area contributed by atoms with Gasteiger partial charge in [0.1, 0.15) is 5.75 Å². The number of fused-ring (bicyclic) bond motifs is 1. The van der Waals surface area contributed by atoms with E-state index in [0.29, 0.717) is 0 Å². The third kappa shape index (κ3) is 1.92. The van der Waals surface area contributed by atoms with Crippen molar-refractivity contribution in [2.75, 3.05) is 7.11 Å². The van der Waals surface area contributed by atoms with E-state index >= 15 is 0 Å². The molecule has 0 saturated heterocycles. The lowest BCUT2D eigenvalue weighted by Gasteiger charge is -2.21. The van der Waals surface area contributed by atoms with E-state index in [1.165, 1.54) is 5.56 Å². The molecule has 1 aromatic rings. The molecule has 78 valence electrons. The summed E-state index contributed by atoms with van der Waals surface area (Å²) < 4.78 is 5.17. The number of benzene rings is 1. The summed E-state index contributed by atoms with van der Waals surface area (Å²) >= 11 is 0. The van der Waals surface area contributed by atoms with E-state index in [1.807, 2.05) is 12.1 Å². The smallest absolute Gasteiger partial charge is 0.235 e. The van der Waals surface area contributed by atoms with Crippen LogP contribution in [-0.4, -0.2) is 13.2 Å². The lowest BCUT2D eigenvalue weighted by molar-refractivity contribution is 0.412. The molecule has 0 saturated carbocycles. The summed E-state index contributed by atoms with van der Waals surface area (Å²) in [5, 5.41) is 0. The molecular weight excluding hydrogens is 190 g/mol. The van der Waals surface area contributed by atoms with Gasteiger partial charge in [0, 0.05) is 0 Å². The van der Waals surface area contributed by atoms with Crippen molar-refractivity contribution in [2.45, 2.75) is 25.3 Å². The van der Waals surface area contributed by atoms with E-state index in [2.05, 4.69) is 11.1 Å². The van der Waals surface area contributed by atoms with Crippen molar-refractivity contribution in [1.29, 1.82) is 0 Å². The normalized spacial score (nSPS) is 18.9. The fourth-order valence-electron chi connectivity index (χ4n) is 2.08. The molecule has 2 rings (SSSR count). The van der Waals surface area contributed by atoms with Gasteiger partial charge in [-0.3, -0.25) is 0 Å². The topological polar surface area (TPSA) is 38.7 Å². The van der Waals surface area contributed by atoms with Gasteiger partial charge in [-0.2, -0.15) is 4.99 Å². The molecule has 3 heteroatoms. The fourth-order valence-corrected chi connectivity index (χ4v) is 2.08. The van der Waals surface area contributed by atoms with Crippen LogP contribution >= 0.6 is 0 Å². The summed E-state index contributed by atoms with van der Waals surface area (Å²) in [6.07, 6.45) is 4.71. The van der Waals surface area contributed by atoms with Gasteiger partial charge < -0.3 is 4.74 Å². The number of aryl methyl sites for hydroxylation is 1. The molecule has 0 fully saturated rings. The first kappa shape index (κ1) is 9.94. The number of isocyanates is 1. The number of methoxy groups -OCH3 is 1. The molecule has 0 radical (unpaired) electrons. The SMILES string of the molecule is COc1ccc2c(c1)C(N=C=O)CCC2. The highest BCUT2D eigenvalue weighted by molar-refractivity contribution is 5.42. The average Bonchev–Trinajstić information content (AvgIpc) is 2.29. The van der Waals surface area contributed by atoms with E-state index < -0.39 is 0 Å². The maximum absolute atomic E-state index is 10.3. The maximum atomic E-state index is 10.3. The van der Waals surface area contributed by atoms with Crippen molar-refractivity contribution in [3.63, 3.8) is 0 Å². The van der Waals surface area contributed by atoms with E-state index in [-0.39, 0.29) is 6.04 Å². The molecule has 1 aliphatic rings. The van der Waals surface area contributed by atoms with Crippen LogP contribution in [0.25, 0.3) is 0 Å². The van der Waals surface area contributed by atoms with Crippen LogP contribution in [0.3, 0.4) is 0 Å². The standard InChI is InChI=1S/C12H13NO2/c1-15-10-6-5-9-3-2-4-12(13-8-14)11(9)7-10/h5-7,12H,2-4H2,1H3. The summed E-state index contributed by atoms with van der Waals surface area (Å²) in [5.74, 6) is 0.821. The zero-order chi connectivity index (χ0) is 10.7. The minimum atomic E-state index is -0.0265. The number of ether oxygens (including phenoxy) is 1. The molecule has 0 aromatic heterocycles. The van der Waals surface area contributed by atoms with Crippen LogP contribution in [0.15, 0.2) is 23.2 Å². The first-order valence-electron chi connectivity index (χ1n) is 5.09. The average molecular weight is 203 g/mol. The summed E-state index contributed by atoms with van der Waals surface area (Å²) in [5.41, 5.74) is 2.38. The number of hydrogen-bond donors (Lipinski definition) is 0. The van der Waals surface area contributed by atoms with Crippen LogP contribution in [0.5, 0.6) is 5.75 Å². The molecular formula is C12H13NO2. The third-order valence-corrected chi connectivity index (χ3v) is 2.84. The highest BCUT2D eigenvalue weighted by Gasteiger charge is 2.19. The first-order chi connectivity index (χ1) is 7.35. The lowest BCUT2D eigenvalue weighted by atomic mass is 9.88. The first-order valence-corrected chi connectivity index (χ1v) is 5.09. The Morgan fingerprint density at radius 2 is 2.40 bits per heavy atom. The van der Waals surface area contributed by atoms with E-state index in [0.717, 1.165) is 30.6 Å².